The van der Waals surface area contributed by atoms with E-state index >= 15 is 0 Å². The molecule has 0 heterocycles. The molecule has 0 radical (unpaired) electrons. The zero-order chi connectivity index (χ0) is 12.1. The van der Waals surface area contributed by atoms with Gasteiger partial charge in [-0.15, -0.1) is 0 Å². The van der Waals surface area contributed by atoms with Gasteiger partial charge in [-0.1, -0.05) is 24.1 Å². The highest BCUT2D eigenvalue weighted by atomic mass is 16.5. The fourth-order valence-electron chi connectivity index (χ4n) is 1.91. The summed E-state index contributed by atoms with van der Waals surface area (Å²) in [5, 5.41) is 0. The number of hydrogen-bond donors (Lipinski definition) is 0. The van der Waals surface area contributed by atoms with Gasteiger partial charge in [-0.25, -0.2) is 0 Å². The molecule has 0 aromatic heterocycles. The Hall–Kier alpha value is -1.15. The summed E-state index contributed by atoms with van der Waals surface area (Å²) in [6.45, 7) is 6.70. The third-order valence-corrected chi connectivity index (χ3v) is 2.53. The number of aryl methyl sites for hydroxylation is 2. The Balaban J connectivity index is 2.72. The SMILES string of the molecule is COCC(C)CC(=O)c1cc(C)cc(C)c1. The molecule has 2 heteroatoms. The minimum absolute atomic E-state index is 0.205. The van der Waals surface area contributed by atoms with Gasteiger partial charge in [0.25, 0.3) is 0 Å². The van der Waals surface area contributed by atoms with Gasteiger partial charge in [0.2, 0.25) is 0 Å². The summed E-state index contributed by atoms with van der Waals surface area (Å²) >= 11 is 0. The number of ketones is 1. The Kier molecular flexibility index (Phi) is 4.69. The Morgan fingerprint density at radius 3 is 2.31 bits per heavy atom. The molecule has 0 saturated heterocycles. The standard InChI is InChI=1S/C14H20O2/c1-10-5-11(2)7-13(6-10)14(15)8-12(3)9-16-4/h5-7,12H,8-9H2,1-4H3. The molecule has 0 fully saturated rings. The predicted molar refractivity (Wildman–Crippen MR) is 65.9 cm³/mol. The van der Waals surface area contributed by atoms with Gasteiger partial charge in [0.1, 0.15) is 0 Å². The monoisotopic (exact) mass is 220 g/mol. The molecule has 1 aromatic rings. The highest BCUT2D eigenvalue weighted by Gasteiger charge is 2.11. The van der Waals surface area contributed by atoms with Gasteiger partial charge in [0, 0.05) is 25.7 Å². The molecule has 0 aliphatic carbocycles. The molecule has 1 unspecified atom stereocenters. The van der Waals surface area contributed by atoms with Crippen LogP contribution in [-0.2, 0) is 4.74 Å². The number of carbonyl (C=O) groups excluding carboxylic acids is 1. The highest BCUT2D eigenvalue weighted by Crippen LogP contribution is 2.14. The number of benzene rings is 1. The average Bonchev–Trinajstić information content (AvgIpc) is 2.16. The van der Waals surface area contributed by atoms with Gasteiger partial charge in [-0.05, 0) is 31.9 Å². The summed E-state index contributed by atoms with van der Waals surface area (Å²) in [6, 6.07) is 5.99. The van der Waals surface area contributed by atoms with Crippen molar-refractivity contribution in [2.45, 2.75) is 27.2 Å². The maximum Gasteiger partial charge on any atom is 0.163 e. The van der Waals surface area contributed by atoms with Crippen LogP contribution in [0.3, 0.4) is 0 Å². The number of hydrogen-bond acceptors (Lipinski definition) is 2. The Morgan fingerprint density at radius 1 is 1.25 bits per heavy atom. The average molecular weight is 220 g/mol. The maximum atomic E-state index is 12.0. The number of methoxy groups -OCH3 is 1. The van der Waals surface area contributed by atoms with E-state index in [1.54, 1.807) is 7.11 Å². The molecular formula is C14H20O2. The van der Waals surface area contributed by atoms with E-state index in [2.05, 4.69) is 6.07 Å². The lowest BCUT2D eigenvalue weighted by Crippen LogP contribution is -2.11. The first-order valence-electron chi connectivity index (χ1n) is 5.63. The largest absolute Gasteiger partial charge is 0.384 e. The molecule has 0 aliphatic heterocycles. The molecule has 0 saturated carbocycles. The van der Waals surface area contributed by atoms with Gasteiger partial charge in [0.05, 0.1) is 0 Å². The van der Waals surface area contributed by atoms with E-state index in [9.17, 15) is 4.79 Å². The normalized spacial score (nSPS) is 12.5. The van der Waals surface area contributed by atoms with Crippen molar-refractivity contribution >= 4 is 5.78 Å². The minimum Gasteiger partial charge on any atom is -0.384 e. The summed E-state index contributed by atoms with van der Waals surface area (Å²) in [4.78, 5) is 12.0. The fraction of sp³-hybridized carbons (Fsp3) is 0.500. The lowest BCUT2D eigenvalue weighted by Gasteiger charge is -2.10. The number of ether oxygens (including phenoxy) is 1. The first kappa shape index (κ1) is 12.9. The summed E-state index contributed by atoms with van der Waals surface area (Å²) in [5.41, 5.74) is 3.10. The molecule has 1 aromatic carbocycles. The van der Waals surface area contributed by atoms with E-state index in [0.717, 1.165) is 16.7 Å². The Labute approximate surface area is 97.6 Å². The zero-order valence-corrected chi connectivity index (χ0v) is 10.5. The van der Waals surface area contributed by atoms with Crippen LogP contribution in [0.2, 0.25) is 0 Å². The zero-order valence-electron chi connectivity index (χ0n) is 10.5. The molecule has 0 N–H and O–H groups in total. The van der Waals surface area contributed by atoms with Crippen LogP contribution in [0.5, 0.6) is 0 Å². The van der Waals surface area contributed by atoms with E-state index in [1.807, 2.05) is 32.9 Å². The summed E-state index contributed by atoms with van der Waals surface area (Å²) in [5.74, 6) is 0.481. The van der Waals surface area contributed by atoms with Gasteiger partial charge in [-0.3, -0.25) is 4.79 Å². The molecular weight excluding hydrogens is 200 g/mol. The van der Waals surface area contributed by atoms with E-state index < -0.39 is 0 Å². The van der Waals surface area contributed by atoms with Gasteiger partial charge in [0.15, 0.2) is 5.78 Å². The molecule has 88 valence electrons. The van der Waals surface area contributed by atoms with Crippen LogP contribution < -0.4 is 0 Å². The minimum atomic E-state index is 0.205. The lowest BCUT2D eigenvalue weighted by atomic mass is 9.98. The van der Waals surface area contributed by atoms with E-state index in [0.29, 0.717) is 13.0 Å². The van der Waals surface area contributed by atoms with E-state index in [-0.39, 0.29) is 11.7 Å². The highest BCUT2D eigenvalue weighted by molar-refractivity contribution is 5.96. The number of Topliss-reactive ketones (excluding diaryl/α,β-unsaturated/α-hetero) is 1. The van der Waals surface area contributed by atoms with Crippen molar-refractivity contribution in [1.82, 2.24) is 0 Å². The van der Waals surface area contributed by atoms with Crippen LogP contribution in [0.25, 0.3) is 0 Å². The van der Waals surface area contributed by atoms with Crippen molar-refractivity contribution < 1.29 is 9.53 Å². The molecule has 2 nitrogen and oxygen atoms in total. The van der Waals surface area contributed by atoms with E-state index in [4.69, 9.17) is 4.74 Å². The van der Waals surface area contributed by atoms with Crippen molar-refractivity contribution in [2.75, 3.05) is 13.7 Å². The number of rotatable bonds is 5. The first-order chi connectivity index (χ1) is 7.52. The smallest absolute Gasteiger partial charge is 0.163 e. The second kappa shape index (κ2) is 5.80. The molecule has 0 amide bonds. The van der Waals surface area contributed by atoms with Gasteiger partial charge >= 0.3 is 0 Å². The van der Waals surface area contributed by atoms with Gasteiger partial charge < -0.3 is 4.74 Å². The summed E-state index contributed by atoms with van der Waals surface area (Å²) in [6.07, 6.45) is 0.552. The molecule has 16 heavy (non-hydrogen) atoms. The van der Waals surface area contributed by atoms with Crippen molar-refractivity contribution in [3.63, 3.8) is 0 Å². The Morgan fingerprint density at radius 2 is 1.81 bits per heavy atom. The molecule has 1 rings (SSSR count). The van der Waals surface area contributed by atoms with Crippen LogP contribution in [0.1, 0.15) is 34.8 Å². The van der Waals surface area contributed by atoms with E-state index in [1.165, 1.54) is 0 Å². The van der Waals surface area contributed by atoms with Crippen LogP contribution in [0.15, 0.2) is 18.2 Å². The second-order valence-electron chi connectivity index (χ2n) is 4.56. The molecule has 1 atom stereocenters. The lowest BCUT2D eigenvalue weighted by molar-refractivity contribution is 0.0920. The predicted octanol–water partition coefficient (Wildman–Crippen LogP) is 3.16. The summed E-state index contributed by atoms with van der Waals surface area (Å²) < 4.78 is 5.04. The third kappa shape index (κ3) is 3.78. The van der Waals surface area contributed by atoms with Gasteiger partial charge in [-0.2, -0.15) is 0 Å². The maximum absolute atomic E-state index is 12.0. The van der Waals surface area contributed by atoms with Crippen molar-refractivity contribution in [2.24, 2.45) is 5.92 Å². The Bertz CT molecular complexity index is 349. The van der Waals surface area contributed by atoms with Crippen molar-refractivity contribution in [1.29, 1.82) is 0 Å². The molecule has 0 spiro atoms. The first-order valence-corrected chi connectivity index (χ1v) is 5.63. The topological polar surface area (TPSA) is 26.3 Å². The fourth-order valence-corrected chi connectivity index (χ4v) is 1.91. The molecule has 0 bridgehead atoms. The quantitative estimate of drug-likeness (QED) is 0.712. The van der Waals surface area contributed by atoms with Crippen LogP contribution in [0.4, 0.5) is 0 Å². The van der Waals surface area contributed by atoms with Crippen molar-refractivity contribution in [3.05, 3.63) is 34.9 Å². The van der Waals surface area contributed by atoms with Crippen molar-refractivity contribution in [3.8, 4) is 0 Å². The van der Waals surface area contributed by atoms with Crippen LogP contribution in [-0.4, -0.2) is 19.5 Å². The summed E-state index contributed by atoms with van der Waals surface area (Å²) in [7, 11) is 1.66. The number of carbonyl (C=O) groups is 1. The van der Waals surface area contributed by atoms with Crippen LogP contribution in [0, 0.1) is 19.8 Å². The third-order valence-electron chi connectivity index (χ3n) is 2.53. The van der Waals surface area contributed by atoms with Crippen LogP contribution >= 0.6 is 0 Å². The second-order valence-corrected chi connectivity index (χ2v) is 4.56. The molecule has 0 aliphatic rings.